The molecular formula is C14H18FNO2S. The summed E-state index contributed by atoms with van der Waals surface area (Å²) in [6.45, 7) is 0.840. The van der Waals surface area contributed by atoms with Gasteiger partial charge in [-0.2, -0.15) is 11.8 Å². The maximum absolute atomic E-state index is 13.5. The molecule has 0 saturated carbocycles. The Bertz CT molecular complexity index is 463. The lowest BCUT2D eigenvalue weighted by Gasteiger charge is -2.19. The van der Waals surface area contributed by atoms with Gasteiger partial charge >= 0.3 is 5.97 Å². The number of thioether (sulfide) groups is 1. The van der Waals surface area contributed by atoms with Gasteiger partial charge in [0.25, 0.3) is 0 Å². The van der Waals surface area contributed by atoms with Crippen molar-refractivity contribution < 1.29 is 14.3 Å². The minimum Gasteiger partial charge on any atom is -0.478 e. The van der Waals surface area contributed by atoms with Crippen LogP contribution in [0.2, 0.25) is 0 Å². The summed E-state index contributed by atoms with van der Waals surface area (Å²) in [5.74, 6) is -0.343. The molecule has 0 aromatic heterocycles. The van der Waals surface area contributed by atoms with Gasteiger partial charge in [-0.25, -0.2) is 9.18 Å². The van der Waals surface area contributed by atoms with Crippen molar-refractivity contribution in [1.82, 2.24) is 0 Å². The monoisotopic (exact) mass is 283 g/mol. The standard InChI is InChI=1S/C14H18FNO2S/c1-16(6-3-7-19-2)13-9-11(4-5-14(17)18)8-12(15)10-13/h4-5,8-10H,3,6-7H2,1-2H3,(H,17,18)/b5-4+. The number of carboxylic acids is 1. The van der Waals surface area contributed by atoms with E-state index in [-0.39, 0.29) is 5.82 Å². The molecule has 0 unspecified atom stereocenters. The van der Waals surface area contributed by atoms with Crippen molar-refractivity contribution in [2.45, 2.75) is 6.42 Å². The van der Waals surface area contributed by atoms with Gasteiger partial charge < -0.3 is 10.0 Å². The Balaban J connectivity index is 2.80. The molecule has 0 atom stereocenters. The van der Waals surface area contributed by atoms with Crippen LogP contribution in [0.5, 0.6) is 0 Å². The van der Waals surface area contributed by atoms with Crippen molar-refractivity contribution in [3.05, 3.63) is 35.7 Å². The first-order valence-corrected chi connectivity index (χ1v) is 7.34. The van der Waals surface area contributed by atoms with Gasteiger partial charge in [-0.05, 0) is 48.3 Å². The zero-order valence-corrected chi connectivity index (χ0v) is 11.9. The van der Waals surface area contributed by atoms with Crippen LogP contribution in [-0.2, 0) is 4.79 Å². The first-order valence-electron chi connectivity index (χ1n) is 5.94. The fraction of sp³-hybridized carbons (Fsp3) is 0.357. The molecule has 0 amide bonds. The number of nitrogens with zero attached hydrogens (tertiary/aromatic N) is 1. The van der Waals surface area contributed by atoms with E-state index in [0.29, 0.717) is 5.56 Å². The highest BCUT2D eigenvalue weighted by atomic mass is 32.2. The second-order valence-corrected chi connectivity index (χ2v) is 5.17. The number of anilines is 1. The molecule has 19 heavy (non-hydrogen) atoms. The second kappa shape index (κ2) is 7.84. The average molecular weight is 283 g/mol. The fourth-order valence-electron chi connectivity index (χ4n) is 1.66. The average Bonchev–Trinajstić information content (AvgIpc) is 2.36. The van der Waals surface area contributed by atoms with Crippen LogP contribution in [0.4, 0.5) is 10.1 Å². The molecule has 0 aliphatic heterocycles. The zero-order chi connectivity index (χ0) is 14.3. The Kier molecular flexibility index (Phi) is 6.42. The van der Waals surface area contributed by atoms with Gasteiger partial charge in [0.1, 0.15) is 5.82 Å². The Morgan fingerprint density at radius 1 is 1.47 bits per heavy atom. The third-order valence-electron chi connectivity index (χ3n) is 2.61. The lowest BCUT2D eigenvalue weighted by atomic mass is 10.1. The Morgan fingerprint density at radius 3 is 2.84 bits per heavy atom. The number of hydrogen-bond acceptors (Lipinski definition) is 3. The first kappa shape index (κ1) is 15.6. The Morgan fingerprint density at radius 2 is 2.21 bits per heavy atom. The normalized spacial score (nSPS) is 10.9. The summed E-state index contributed by atoms with van der Waals surface area (Å²) in [5.41, 5.74) is 1.31. The minimum atomic E-state index is -1.04. The highest BCUT2D eigenvalue weighted by molar-refractivity contribution is 7.98. The maximum Gasteiger partial charge on any atom is 0.328 e. The molecular weight excluding hydrogens is 265 g/mol. The van der Waals surface area contributed by atoms with Crippen LogP contribution in [0.1, 0.15) is 12.0 Å². The summed E-state index contributed by atoms with van der Waals surface area (Å²) < 4.78 is 13.5. The highest BCUT2D eigenvalue weighted by Crippen LogP contribution is 2.19. The Labute approximate surface area is 117 Å². The largest absolute Gasteiger partial charge is 0.478 e. The highest BCUT2D eigenvalue weighted by Gasteiger charge is 2.04. The minimum absolute atomic E-state index is 0.362. The van der Waals surface area contributed by atoms with Gasteiger partial charge in [0.2, 0.25) is 0 Å². The molecule has 0 aliphatic carbocycles. The summed E-state index contributed by atoms with van der Waals surface area (Å²) in [5, 5.41) is 8.57. The van der Waals surface area contributed by atoms with Crippen molar-refractivity contribution in [2.75, 3.05) is 30.5 Å². The molecule has 104 valence electrons. The third-order valence-corrected chi connectivity index (χ3v) is 3.30. The number of halogens is 1. The van der Waals surface area contributed by atoms with Crippen molar-refractivity contribution in [3.63, 3.8) is 0 Å². The molecule has 0 spiro atoms. The van der Waals surface area contributed by atoms with Crippen LogP contribution in [-0.4, -0.2) is 36.7 Å². The van der Waals surface area contributed by atoms with E-state index >= 15 is 0 Å². The molecule has 0 fully saturated rings. The van der Waals surface area contributed by atoms with E-state index in [0.717, 1.165) is 30.5 Å². The predicted molar refractivity (Wildman–Crippen MR) is 79.3 cm³/mol. The number of hydrogen-bond donors (Lipinski definition) is 1. The van der Waals surface area contributed by atoms with Gasteiger partial charge in [-0.3, -0.25) is 0 Å². The summed E-state index contributed by atoms with van der Waals surface area (Å²) in [7, 11) is 1.90. The number of aliphatic carboxylic acids is 1. The first-order chi connectivity index (χ1) is 9.02. The molecule has 1 aromatic rings. The number of carboxylic acid groups (broad SMARTS) is 1. The molecule has 0 heterocycles. The summed E-state index contributed by atoms with van der Waals surface area (Å²) in [6, 6.07) is 4.55. The lowest BCUT2D eigenvalue weighted by Crippen LogP contribution is -2.19. The summed E-state index contributed by atoms with van der Waals surface area (Å²) >= 11 is 1.78. The van der Waals surface area contributed by atoms with E-state index in [1.807, 2.05) is 11.9 Å². The predicted octanol–water partition coefficient (Wildman–Crippen LogP) is 3.11. The lowest BCUT2D eigenvalue weighted by molar-refractivity contribution is -0.131. The molecule has 3 nitrogen and oxygen atoms in total. The van der Waals surface area contributed by atoms with Gasteiger partial charge in [0.15, 0.2) is 0 Å². The van der Waals surface area contributed by atoms with E-state index in [1.54, 1.807) is 17.8 Å². The molecule has 0 bridgehead atoms. The van der Waals surface area contributed by atoms with Crippen molar-refractivity contribution in [3.8, 4) is 0 Å². The van der Waals surface area contributed by atoms with Crippen LogP contribution < -0.4 is 4.90 Å². The second-order valence-electron chi connectivity index (χ2n) is 4.18. The van der Waals surface area contributed by atoms with Gasteiger partial charge in [0, 0.05) is 25.4 Å². The molecule has 1 aromatic carbocycles. The summed E-state index contributed by atoms with van der Waals surface area (Å²) in [4.78, 5) is 12.4. The Hall–Kier alpha value is -1.49. The van der Waals surface area contributed by atoms with Crippen molar-refractivity contribution >= 4 is 29.5 Å². The molecule has 0 radical (unpaired) electrons. The van der Waals surface area contributed by atoms with Crippen LogP contribution in [0.3, 0.4) is 0 Å². The quantitative estimate of drug-likeness (QED) is 0.616. The van der Waals surface area contributed by atoms with E-state index in [2.05, 4.69) is 6.26 Å². The van der Waals surface area contributed by atoms with Gasteiger partial charge in [0.05, 0.1) is 0 Å². The van der Waals surface area contributed by atoms with Gasteiger partial charge in [-0.1, -0.05) is 0 Å². The fourth-order valence-corrected chi connectivity index (χ4v) is 2.07. The van der Waals surface area contributed by atoms with Crippen LogP contribution >= 0.6 is 11.8 Å². The molecule has 0 aliphatic rings. The molecule has 0 saturated heterocycles. The van der Waals surface area contributed by atoms with E-state index < -0.39 is 5.97 Å². The third kappa shape index (κ3) is 5.79. The van der Waals surface area contributed by atoms with Crippen molar-refractivity contribution in [2.24, 2.45) is 0 Å². The molecule has 1 rings (SSSR count). The SMILES string of the molecule is CSCCCN(C)c1cc(F)cc(/C=C/C(=O)O)c1. The zero-order valence-electron chi connectivity index (χ0n) is 11.1. The number of carbonyl (C=O) groups is 1. The van der Waals surface area contributed by atoms with E-state index in [1.165, 1.54) is 18.2 Å². The van der Waals surface area contributed by atoms with E-state index in [9.17, 15) is 9.18 Å². The van der Waals surface area contributed by atoms with Crippen molar-refractivity contribution in [1.29, 1.82) is 0 Å². The smallest absolute Gasteiger partial charge is 0.328 e. The summed E-state index contributed by atoms with van der Waals surface area (Å²) in [6.07, 6.45) is 5.47. The van der Waals surface area contributed by atoms with Gasteiger partial charge in [-0.15, -0.1) is 0 Å². The van der Waals surface area contributed by atoms with Crippen LogP contribution in [0.15, 0.2) is 24.3 Å². The topological polar surface area (TPSA) is 40.5 Å². The number of benzene rings is 1. The van der Waals surface area contributed by atoms with Crippen LogP contribution in [0.25, 0.3) is 6.08 Å². The number of rotatable bonds is 7. The van der Waals surface area contributed by atoms with Crippen LogP contribution in [0, 0.1) is 5.82 Å². The maximum atomic E-state index is 13.5. The molecule has 1 N–H and O–H groups in total. The molecule has 5 heteroatoms. The van der Waals surface area contributed by atoms with E-state index in [4.69, 9.17) is 5.11 Å².